The van der Waals surface area contributed by atoms with Gasteiger partial charge in [-0.05, 0) is 57.9 Å². The minimum absolute atomic E-state index is 0.395. The molecule has 1 aliphatic heterocycles. The molecule has 4 rings (SSSR count). The van der Waals surface area contributed by atoms with Gasteiger partial charge in [0, 0.05) is 37.6 Å². The Hall–Kier alpha value is -3.37. The van der Waals surface area contributed by atoms with Crippen molar-refractivity contribution in [2.75, 3.05) is 25.5 Å². The van der Waals surface area contributed by atoms with Crippen molar-refractivity contribution in [1.82, 2.24) is 24.8 Å². The molecular formula is C25H34N6O4. The first-order valence-electron chi connectivity index (χ1n) is 11.7. The first-order valence-corrected chi connectivity index (χ1v) is 11.7. The van der Waals surface area contributed by atoms with Crippen molar-refractivity contribution in [3.05, 3.63) is 48.4 Å². The fourth-order valence-corrected chi connectivity index (χ4v) is 4.39. The molecule has 1 saturated heterocycles. The quantitative estimate of drug-likeness (QED) is 0.490. The molecule has 1 aliphatic rings. The average Bonchev–Trinajstić information content (AvgIpc) is 3.18. The zero-order chi connectivity index (χ0) is 25.2. The van der Waals surface area contributed by atoms with Crippen molar-refractivity contribution in [2.45, 2.75) is 57.9 Å². The van der Waals surface area contributed by atoms with Crippen LogP contribution in [-0.2, 0) is 11.3 Å². The van der Waals surface area contributed by atoms with E-state index in [0.717, 1.165) is 22.5 Å². The molecule has 2 aromatic heterocycles. The Balaban J connectivity index is 1.48. The predicted octanol–water partition coefficient (Wildman–Crippen LogP) is 3.33. The Bertz CT molecular complexity index is 1190. The molecule has 188 valence electrons. The second kappa shape index (κ2) is 9.71. The predicted molar refractivity (Wildman–Crippen MR) is 133 cm³/mol. The van der Waals surface area contributed by atoms with Crippen molar-refractivity contribution >= 4 is 23.1 Å². The average molecular weight is 483 g/mol. The van der Waals surface area contributed by atoms with Crippen molar-refractivity contribution in [1.29, 1.82) is 0 Å². The van der Waals surface area contributed by atoms with E-state index in [1.165, 1.54) is 6.33 Å². The lowest BCUT2D eigenvalue weighted by molar-refractivity contribution is -0.0481. The van der Waals surface area contributed by atoms with E-state index in [1.807, 2.05) is 57.3 Å². The molecule has 3 N–H and O–H groups in total. The zero-order valence-corrected chi connectivity index (χ0v) is 20.9. The first-order chi connectivity index (χ1) is 16.5. The number of β-amino-alcohol motifs (C(OH)–C–C–N with tert-alkyl or cyclic N) is 1. The number of aliphatic hydroxyl groups is 1. The molecule has 1 fully saturated rings. The molecule has 0 aliphatic carbocycles. The van der Waals surface area contributed by atoms with E-state index in [9.17, 15) is 9.90 Å². The van der Waals surface area contributed by atoms with Crippen LogP contribution >= 0.6 is 0 Å². The number of nitrogens with zero attached hydrogens (tertiary/aromatic N) is 4. The third-order valence-electron chi connectivity index (χ3n) is 5.98. The normalized spacial score (nSPS) is 21.0. The molecule has 35 heavy (non-hydrogen) atoms. The van der Waals surface area contributed by atoms with Crippen LogP contribution in [0.5, 0.6) is 5.75 Å². The summed E-state index contributed by atoms with van der Waals surface area (Å²) in [5.74, 6) is 1.43. The van der Waals surface area contributed by atoms with Gasteiger partial charge < -0.3 is 25.2 Å². The number of alkyl carbamates (subject to hydrolysis) is 1. The number of hydrogen-bond acceptors (Lipinski definition) is 8. The number of ether oxygens (including phenoxy) is 2. The highest BCUT2D eigenvalue weighted by Gasteiger charge is 2.39. The van der Waals surface area contributed by atoms with E-state index in [0.29, 0.717) is 31.9 Å². The number of aromatic nitrogens is 3. The highest BCUT2D eigenvalue weighted by molar-refractivity contribution is 5.76. The molecule has 3 heterocycles. The summed E-state index contributed by atoms with van der Waals surface area (Å²) in [5.41, 5.74) is 1.05. The van der Waals surface area contributed by atoms with Crippen LogP contribution in [0, 0.1) is 0 Å². The second-order valence-corrected chi connectivity index (χ2v) is 10.2. The number of methoxy groups -OCH3 is 1. The van der Waals surface area contributed by atoms with Gasteiger partial charge in [-0.2, -0.15) is 5.10 Å². The Labute approximate surface area is 205 Å². The lowest BCUT2D eigenvalue weighted by Gasteiger charge is -2.43. The van der Waals surface area contributed by atoms with Crippen LogP contribution in [0.1, 0.15) is 39.7 Å². The van der Waals surface area contributed by atoms with Gasteiger partial charge in [0.25, 0.3) is 0 Å². The van der Waals surface area contributed by atoms with Crippen molar-refractivity contribution in [3.63, 3.8) is 0 Å². The smallest absolute Gasteiger partial charge is 0.407 e. The Morgan fingerprint density at radius 3 is 2.83 bits per heavy atom. The third kappa shape index (κ3) is 6.01. The molecule has 0 bridgehead atoms. The fourth-order valence-electron chi connectivity index (χ4n) is 4.39. The van der Waals surface area contributed by atoms with Crippen molar-refractivity contribution in [2.24, 2.45) is 0 Å². The number of likely N-dealkylation sites (tertiary alicyclic amines) is 1. The number of hydrogen-bond donors (Lipinski definition) is 3. The minimum atomic E-state index is -1.11. The van der Waals surface area contributed by atoms with Gasteiger partial charge in [0.05, 0.1) is 18.8 Å². The number of anilines is 2. The maximum absolute atomic E-state index is 12.2. The molecule has 0 radical (unpaired) electrons. The number of carbonyl (C=O) groups excluding carboxylic acids is 1. The van der Waals surface area contributed by atoms with Gasteiger partial charge in [0.15, 0.2) is 5.82 Å². The highest BCUT2D eigenvalue weighted by Crippen LogP contribution is 2.28. The number of nitrogens with one attached hydrogen (secondary N) is 2. The maximum Gasteiger partial charge on any atom is 0.407 e. The number of fused-ring (bicyclic) bond motifs is 1. The van der Waals surface area contributed by atoms with Crippen LogP contribution in [0.2, 0.25) is 0 Å². The van der Waals surface area contributed by atoms with Gasteiger partial charge >= 0.3 is 6.09 Å². The van der Waals surface area contributed by atoms with Crippen LogP contribution in [0.3, 0.4) is 0 Å². The molecule has 1 aromatic carbocycles. The van der Waals surface area contributed by atoms with Gasteiger partial charge in [-0.3, -0.25) is 4.90 Å². The van der Waals surface area contributed by atoms with Gasteiger partial charge in [-0.1, -0.05) is 6.07 Å². The summed E-state index contributed by atoms with van der Waals surface area (Å²) < 4.78 is 12.5. The molecular weight excluding hydrogens is 448 g/mol. The third-order valence-corrected chi connectivity index (χ3v) is 5.98. The summed E-state index contributed by atoms with van der Waals surface area (Å²) in [7, 11) is 1.63. The highest BCUT2D eigenvalue weighted by atomic mass is 16.6. The fraction of sp³-hybridized carbons (Fsp3) is 0.480. The summed E-state index contributed by atoms with van der Waals surface area (Å²) in [6.07, 6.45) is 3.50. The van der Waals surface area contributed by atoms with Gasteiger partial charge in [-0.15, -0.1) is 0 Å². The van der Waals surface area contributed by atoms with E-state index in [4.69, 9.17) is 9.47 Å². The summed E-state index contributed by atoms with van der Waals surface area (Å²) in [4.78, 5) is 18.9. The maximum atomic E-state index is 12.2. The van der Waals surface area contributed by atoms with Gasteiger partial charge in [-0.25, -0.2) is 14.3 Å². The Kier molecular flexibility index (Phi) is 6.86. The molecule has 1 amide bonds. The molecule has 2 atom stereocenters. The minimum Gasteiger partial charge on any atom is -0.497 e. The van der Waals surface area contributed by atoms with Crippen LogP contribution in [0.15, 0.2) is 42.9 Å². The number of amides is 1. The van der Waals surface area contributed by atoms with E-state index in [-0.39, 0.29) is 0 Å². The molecule has 3 aromatic rings. The van der Waals surface area contributed by atoms with Gasteiger partial charge in [0.1, 0.15) is 23.2 Å². The molecule has 10 heteroatoms. The Morgan fingerprint density at radius 1 is 1.31 bits per heavy atom. The van der Waals surface area contributed by atoms with Crippen LogP contribution in [0.25, 0.3) is 5.52 Å². The lowest BCUT2D eigenvalue weighted by Crippen LogP contribution is -2.61. The standard InChI is InChI=1S/C25H34N6O4/c1-24(2,3)35-23(32)29-20-10-11-30(15-25(20,4)33)14-17-9-12-31-21(17)22(26-16-27-31)28-18-7-6-8-19(13-18)34-5/h6-9,12-13,16,20,33H,10-11,14-15H2,1-5H3,(H,29,32)(H,26,27,28)/t20-,25-/m1/s1. The number of benzene rings is 1. The largest absolute Gasteiger partial charge is 0.497 e. The monoisotopic (exact) mass is 482 g/mol. The summed E-state index contributed by atoms with van der Waals surface area (Å²) in [5, 5.41) is 21.7. The van der Waals surface area contributed by atoms with Crippen LogP contribution < -0.4 is 15.4 Å². The SMILES string of the molecule is COc1cccc(Nc2ncnn3ccc(CN4CC[C@@H](NC(=O)OC(C)(C)C)[C@](C)(O)C4)c23)c1. The number of carbonyl (C=O) groups is 1. The van der Waals surface area contributed by atoms with E-state index < -0.39 is 23.3 Å². The molecule has 10 nitrogen and oxygen atoms in total. The second-order valence-electron chi connectivity index (χ2n) is 10.2. The van der Waals surface area contributed by atoms with Crippen molar-refractivity contribution in [3.8, 4) is 5.75 Å². The first kappa shape index (κ1) is 24.7. The number of rotatable bonds is 6. The van der Waals surface area contributed by atoms with Crippen LogP contribution in [-0.4, -0.2) is 68.1 Å². The number of piperidine rings is 1. The van der Waals surface area contributed by atoms with Crippen molar-refractivity contribution < 1.29 is 19.4 Å². The summed E-state index contributed by atoms with van der Waals surface area (Å²) >= 11 is 0. The summed E-state index contributed by atoms with van der Waals surface area (Å²) in [6.45, 7) is 8.91. The van der Waals surface area contributed by atoms with Gasteiger partial charge in [0.2, 0.25) is 0 Å². The molecule has 0 unspecified atom stereocenters. The summed E-state index contributed by atoms with van der Waals surface area (Å²) in [6, 6.07) is 9.27. The molecule has 0 spiro atoms. The lowest BCUT2D eigenvalue weighted by atomic mass is 9.89. The topological polar surface area (TPSA) is 113 Å². The molecule has 0 saturated carbocycles. The van der Waals surface area contributed by atoms with E-state index in [2.05, 4.69) is 25.6 Å². The van der Waals surface area contributed by atoms with Crippen LogP contribution in [0.4, 0.5) is 16.3 Å². The zero-order valence-electron chi connectivity index (χ0n) is 20.9. The van der Waals surface area contributed by atoms with E-state index >= 15 is 0 Å². The van der Waals surface area contributed by atoms with E-state index in [1.54, 1.807) is 18.5 Å². The Morgan fingerprint density at radius 2 is 2.11 bits per heavy atom.